The van der Waals surface area contributed by atoms with Crippen LogP contribution in [0.15, 0.2) is 33.9 Å². The van der Waals surface area contributed by atoms with Gasteiger partial charge in [-0.2, -0.15) is 0 Å². The highest BCUT2D eigenvalue weighted by atomic mass is 79.9. The molecule has 0 N–H and O–H groups in total. The largest absolute Gasteiger partial charge is 0.376 e. The number of rotatable bonds is 6. The Morgan fingerprint density at radius 1 is 1.40 bits per heavy atom. The van der Waals surface area contributed by atoms with Crippen molar-refractivity contribution < 1.29 is 9.53 Å². The molecule has 1 aliphatic heterocycles. The van der Waals surface area contributed by atoms with Gasteiger partial charge in [-0.05, 0) is 45.7 Å². The van der Waals surface area contributed by atoms with Gasteiger partial charge in [0.1, 0.15) is 0 Å². The minimum atomic E-state index is -0.189. The Labute approximate surface area is 161 Å². The second-order valence-electron chi connectivity index (χ2n) is 6.44. The van der Waals surface area contributed by atoms with Crippen molar-refractivity contribution in [2.75, 3.05) is 6.61 Å². The van der Waals surface area contributed by atoms with Gasteiger partial charge in [0.05, 0.1) is 23.6 Å². The fraction of sp³-hybridized carbons (Fsp3) is 0.474. The number of ketones is 1. The SMILES string of the molecule is Cc1nc(S[C@H](C)C(=O)c2ccc(Br)cc2)n(C[C@@H]2CCCO2)c1C. The molecule has 0 saturated carbocycles. The number of aryl methyl sites for hydroxylation is 1. The Morgan fingerprint density at radius 3 is 2.76 bits per heavy atom. The van der Waals surface area contributed by atoms with E-state index in [4.69, 9.17) is 9.72 Å². The van der Waals surface area contributed by atoms with Crippen LogP contribution in [-0.2, 0) is 11.3 Å². The van der Waals surface area contributed by atoms with Crippen LogP contribution in [0.4, 0.5) is 0 Å². The predicted molar refractivity (Wildman–Crippen MR) is 104 cm³/mol. The number of hydrogen-bond donors (Lipinski definition) is 0. The van der Waals surface area contributed by atoms with Crippen LogP contribution in [0.3, 0.4) is 0 Å². The fourth-order valence-corrected chi connectivity index (χ4v) is 4.33. The van der Waals surface area contributed by atoms with Crippen LogP contribution in [0, 0.1) is 13.8 Å². The molecule has 0 spiro atoms. The minimum Gasteiger partial charge on any atom is -0.376 e. The number of benzene rings is 1. The average molecular weight is 423 g/mol. The summed E-state index contributed by atoms with van der Waals surface area (Å²) in [6, 6.07) is 7.52. The molecule has 4 nitrogen and oxygen atoms in total. The third kappa shape index (κ3) is 4.36. The van der Waals surface area contributed by atoms with Crippen molar-refractivity contribution in [2.24, 2.45) is 0 Å². The molecule has 1 fully saturated rings. The molecule has 1 saturated heterocycles. The zero-order chi connectivity index (χ0) is 18.0. The molecule has 3 rings (SSSR count). The van der Waals surface area contributed by atoms with E-state index in [0.717, 1.165) is 52.6 Å². The molecular formula is C19H23BrN2O2S. The van der Waals surface area contributed by atoms with E-state index >= 15 is 0 Å². The Hall–Kier alpha value is -1.11. The fourth-order valence-electron chi connectivity index (χ4n) is 2.98. The second-order valence-corrected chi connectivity index (χ2v) is 8.67. The van der Waals surface area contributed by atoms with Crippen LogP contribution in [-0.4, -0.2) is 33.3 Å². The monoisotopic (exact) mass is 422 g/mol. The van der Waals surface area contributed by atoms with Crippen LogP contribution < -0.4 is 0 Å². The van der Waals surface area contributed by atoms with Crippen LogP contribution >= 0.6 is 27.7 Å². The number of halogens is 1. The highest BCUT2D eigenvalue weighted by Gasteiger charge is 2.23. The van der Waals surface area contributed by atoms with Gasteiger partial charge in [-0.1, -0.05) is 39.8 Å². The molecule has 25 heavy (non-hydrogen) atoms. The molecule has 6 heteroatoms. The highest BCUT2D eigenvalue weighted by molar-refractivity contribution is 9.10. The van der Waals surface area contributed by atoms with E-state index in [9.17, 15) is 4.79 Å². The molecular weight excluding hydrogens is 400 g/mol. The summed E-state index contributed by atoms with van der Waals surface area (Å²) < 4.78 is 8.96. The van der Waals surface area contributed by atoms with Crippen LogP contribution in [0.25, 0.3) is 0 Å². The first kappa shape index (κ1) is 18.7. The Kier molecular flexibility index (Phi) is 6.02. The minimum absolute atomic E-state index is 0.125. The number of ether oxygens (including phenoxy) is 1. The van der Waals surface area contributed by atoms with Gasteiger partial charge >= 0.3 is 0 Å². The molecule has 2 heterocycles. The second kappa shape index (κ2) is 8.06. The zero-order valence-corrected chi connectivity index (χ0v) is 17.2. The lowest BCUT2D eigenvalue weighted by atomic mass is 10.1. The summed E-state index contributed by atoms with van der Waals surface area (Å²) in [5.41, 5.74) is 2.90. The first-order valence-electron chi connectivity index (χ1n) is 8.57. The van der Waals surface area contributed by atoms with Gasteiger partial charge < -0.3 is 9.30 Å². The van der Waals surface area contributed by atoms with Crippen LogP contribution in [0.5, 0.6) is 0 Å². The summed E-state index contributed by atoms with van der Waals surface area (Å²) in [7, 11) is 0. The number of Topliss-reactive ketones (excluding diaryl/α,β-unsaturated/α-hetero) is 1. The van der Waals surface area contributed by atoms with Gasteiger partial charge in [0.15, 0.2) is 10.9 Å². The summed E-state index contributed by atoms with van der Waals surface area (Å²) >= 11 is 4.94. The number of imidazole rings is 1. The molecule has 1 aromatic heterocycles. The normalized spacial score (nSPS) is 18.5. The summed E-state index contributed by atoms with van der Waals surface area (Å²) in [6.07, 6.45) is 2.47. The summed E-state index contributed by atoms with van der Waals surface area (Å²) in [5.74, 6) is 0.125. The molecule has 2 atom stereocenters. The van der Waals surface area contributed by atoms with E-state index < -0.39 is 0 Å². The first-order valence-corrected chi connectivity index (χ1v) is 10.2. The summed E-state index contributed by atoms with van der Waals surface area (Å²) in [4.78, 5) is 17.4. The first-order chi connectivity index (χ1) is 12.0. The van der Waals surface area contributed by atoms with Gasteiger partial charge in [-0.3, -0.25) is 4.79 Å². The van der Waals surface area contributed by atoms with E-state index in [1.54, 1.807) is 0 Å². The molecule has 134 valence electrons. The van der Waals surface area contributed by atoms with Gasteiger partial charge in [-0.15, -0.1) is 0 Å². The van der Waals surface area contributed by atoms with Gasteiger partial charge in [0.25, 0.3) is 0 Å². The van der Waals surface area contributed by atoms with Crippen molar-refractivity contribution >= 4 is 33.5 Å². The summed E-state index contributed by atoms with van der Waals surface area (Å²) in [6.45, 7) is 7.71. The number of thioether (sulfide) groups is 1. The van der Waals surface area contributed by atoms with Crippen molar-refractivity contribution in [2.45, 2.75) is 56.7 Å². The summed E-state index contributed by atoms with van der Waals surface area (Å²) in [5, 5.41) is 0.717. The number of carbonyl (C=O) groups is 1. The van der Waals surface area contributed by atoms with Crippen LogP contribution in [0.1, 0.15) is 41.5 Å². The number of hydrogen-bond acceptors (Lipinski definition) is 4. The van der Waals surface area contributed by atoms with Crippen molar-refractivity contribution in [1.29, 1.82) is 0 Å². The van der Waals surface area contributed by atoms with E-state index in [1.165, 1.54) is 11.8 Å². The quantitative estimate of drug-likeness (QED) is 0.494. The third-order valence-electron chi connectivity index (χ3n) is 4.61. The van der Waals surface area contributed by atoms with Gasteiger partial charge in [0, 0.05) is 22.3 Å². The lowest BCUT2D eigenvalue weighted by molar-refractivity contribution is 0.0944. The van der Waals surface area contributed by atoms with Gasteiger partial charge in [0.2, 0.25) is 0 Å². The van der Waals surface area contributed by atoms with E-state index in [2.05, 4.69) is 27.4 Å². The van der Waals surface area contributed by atoms with Crippen LogP contribution in [0.2, 0.25) is 0 Å². The van der Waals surface area contributed by atoms with Crippen molar-refractivity contribution in [1.82, 2.24) is 9.55 Å². The maximum absolute atomic E-state index is 12.7. The van der Waals surface area contributed by atoms with E-state index in [1.807, 2.05) is 38.1 Å². The molecule has 2 aromatic rings. The maximum atomic E-state index is 12.7. The Morgan fingerprint density at radius 2 is 2.12 bits per heavy atom. The smallest absolute Gasteiger partial charge is 0.175 e. The Bertz CT molecular complexity index is 752. The van der Waals surface area contributed by atoms with Crippen molar-refractivity contribution in [3.05, 3.63) is 45.7 Å². The van der Waals surface area contributed by atoms with Crippen molar-refractivity contribution in [3.8, 4) is 0 Å². The highest BCUT2D eigenvalue weighted by Crippen LogP contribution is 2.29. The molecule has 0 bridgehead atoms. The number of aromatic nitrogens is 2. The van der Waals surface area contributed by atoms with Gasteiger partial charge in [-0.25, -0.2) is 4.98 Å². The van der Waals surface area contributed by atoms with Crippen molar-refractivity contribution in [3.63, 3.8) is 0 Å². The topological polar surface area (TPSA) is 44.1 Å². The molecule has 0 aliphatic carbocycles. The number of nitrogens with zero attached hydrogens (tertiary/aromatic N) is 2. The Balaban J connectivity index is 1.76. The standard InChI is InChI=1S/C19H23BrN2O2S/c1-12-13(2)22(11-17-5-4-10-24-17)19(21-12)25-14(3)18(23)15-6-8-16(20)9-7-15/h6-9,14,17H,4-5,10-11H2,1-3H3/t14-,17+/m1/s1. The third-order valence-corrected chi connectivity index (χ3v) is 6.23. The molecule has 0 unspecified atom stereocenters. The zero-order valence-electron chi connectivity index (χ0n) is 14.8. The molecule has 0 radical (unpaired) electrons. The maximum Gasteiger partial charge on any atom is 0.175 e. The average Bonchev–Trinajstić information content (AvgIpc) is 3.19. The predicted octanol–water partition coefficient (Wildman–Crippen LogP) is 4.80. The lowest BCUT2D eigenvalue weighted by Gasteiger charge is -2.16. The van der Waals surface area contributed by atoms with E-state index in [0.29, 0.717) is 0 Å². The molecule has 1 aliphatic rings. The molecule has 1 aromatic carbocycles. The lowest BCUT2D eigenvalue weighted by Crippen LogP contribution is -2.19. The number of carbonyl (C=O) groups excluding carboxylic acids is 1. The van der Waals surface area contributed by atoms with E-state index in [-0.39, 0.29) is 17.1 Å². The molecule has 0 amide bonds.